The predicted molar refractivity (Wildman–Crippen MR) is 118 cm³/mol. The largest absolute Gasteiger partial charge is 0.285 e. The normalized spacial score (nSPS) is 15.0. The molecule has 0 saturated heterocycles. The summed E-state index contributed by atoms with van der Waals surface area (Å²) in [5, 5.41) is 0.659. The van der Waals surface area contributed by atoms with Crippen molar-refractivity contribution < 1.29 is 19.2 Å². The summed E-state index contributed by atoms with van der Waals surface area (Å²) < 4.78 is 0. The van der Waals surface area contributed by atoms with Gasteiger partial charge >= 0.3 is 0 Å². The minimum absolute atomic E-state index is 0.0535. The second kappa shape index (κ2) is 6.74. The van der Waals surface area contributed by atoms with Gasteiger partial charge < -0.3 is 0 Å². The standard InChI is InChI=1S/C22H10N4O4S2/c27-19-13-15(21(29)25(19)11-7-3-1-4-8-11)31-17(23-13)18-24-14-16(32-18)22(30)26(20(14)28)12-9-5-2-6-10-12/h1-10H. The first-order valence-corrected chi connectivity index (χ1v) is 11.1. The lowest BCUT2D eigenvalue weighted by molar-refractivity contribution is 0.0909. The quantitative estimate of drug-likeness (QED) is 0.432. The Hall–Kier alpha value is -4.02. The number of thiazole rings is 2. The molecular formula is C22H10N4O4S2. The molecule has 4 aromatic rings. The Morgan fingerprint density at radius 1 is 0.531 bits per heavy atom. The lowest BCUT2D eigenvalue weighted by Gasteiger charge is -2.13. The Balaban J connectivity index is 1.34. The molecule has 0 atom stereocenters. The number of aromatic nitrogens is 2. The Kier molecular flexibility index (Phi) is 3.94. The molecule has 0 aliphatic carbocycles. The maximum Gasteiger partial charge on any atom is 0.285 e. The second-order valence-corrected chi connectivity index (χ2v) is 8.95. The van der Waals surface area contributed by atoms with Crippen LogP contribution in [-0.2, 0) is 0 Å². The van der Waals surface area contributed by atoms with E-state index in [9.17, 15) is 19.2 Å². The zero-order chi connectivity index (χ0) is 22.0. The smallest absolute Gasteiger partial charge is 0.267 e. The van der Waals surface area contributed by atoms with Gasteiger partial charge in [-0.15, -0.1) is 22.7 Å². The number of hydrogen-bond acceptors (Lipinski definition) is 8. The number of para-hydroxylation sites is 2. The van der Waals surface area contributed by atoms with E-state index in [0.29, 0.717) is 21.4 Å². The predicted octanol–water partition coefficient (Wildman–Crippen LogP) is 3.87. The van der Waals surface area contributed by atoms with E-state index >= 15 is 0 Å². The number of fused-ring (bicyclic) bond motifs is 2. The van der Waals surface area contributed by atoms with Crippen molar-refractivity contribution in [1.29, 1.82) is 0 Å². The van der Waals surface area contributed by atoms with Gasteiger partial charge in [0.2, 0.25) is 0 Å². The average molecular weight is 458 g/mol. The molecule has 0 spiro atoms. The van der Waals surface area contributed by atoms with Crippen LogP contribution >= 0.6 is 22.7 Å². The highest BCUT2D eigenvalue weighted by Crippen LogP contribution is 2.40. The van der Waals surface area contributed by atoms with Crippen molar-refractivity contribution in [3.05, 3.63) is 81.8 Å². The van der Waals surface area contributed by atoms with Crippen molar-refractivity contribution >= 4 is 57.7 Å². The van der Waals surface area contributed by atoms with E-state index in [1.807, 2.05) is 0 Å². The van der Waals surface area contributed by atoms with E-state index < -0.39 is 23.6 Å². The highest BCUT2D eigenvalue weighted by molar-refractivity contribution is 7.24. The van der Waals surface area contributed by atoms with E-state index in [0.717, 1.165) is 32.5 Å². The van der Waals surface area contributed by atoms with Crippen LogP contribution in [0.4, 0.5) is 11.4 Å². The van der Waals surface area contributed by atoms with Crippen molar-refractivity contribution in [2.45, 2.75) is 0 Å². The van der Waals surface area contributed by atoms with Gasteiger partial charge in [0.1, 0.15) is 9.75 Å². The third-order valence-corrected chi connectivity index (χ3v) is 7.30. The molecule has 6 rings (SSSR count). The zero-order valence-electron chi connectivity index (χ0n) is 16.0. The zero-order valence-corrected chi connectivity index (χ0v) is 17.6. The van der Waals surface area contributed by atoms with Crippen LogP contribution in [0.25, 0.3) is 10.0 Å². The minimum atomic E-state index is -0.509. The molecule has 8 nitrogen and oxygen atoms in total. The van der Waals surface area contributed by atoms with Gasteiger partial charge in [0, 0.05) is 0 Å². The molecule has 10 heteroatoms. The van der Waals surface area contributed by atoms with Crippen LogP contribution in [0.15, 0.2) is 60.7 Å². The summed E-state index contributed by atoms with van der Waals surface area (Å²) >= 11 is 2.06. The van der Waals surface area contributed by atoms with Gasteiger partial charge in [-0.2, -0.15) is 0 Å². The number of hydrogen-bond donors (Lipinski definition) is 0. The Bertz CT molecular complexity index is 1280. The molecule has 0 radical (unpaired) electrons. The van der Waals surface area contributed by atoms with E-state index in [-0.39, 0.29) is 21.1 Å². The fourth-order valence-electron chi connectivity index (χ4n) is 3.63. The van der Waals surface area contributed by atoms with Crippen molar-refractivity contribution in [3.63, 3.8) is 0 Å². The number of rotatable bonds is 3. The number of nitrogens with zero attached hydrogens (tertiary/aromatic N) is 4. The first-order chi connectivity index (χ1) is 15.5. The molecule has 4 amide bonds. The molecule has 0 unspecified atom stereocenters. The molecular weight excluding hydrogens is 448 g/mol. The molecule has 2 aliphatic heterocycles. The van der Waals surface area contributed by atoms with Crippen molar-refractivity contribution in [3.8, 4) is 10.0 Å². The second-order valence-electron chi connectivity index (χ2n) is 6.96. The molecule has 4 heterocycles. The minimum Gasteiger partial charge on any atom is -0.267 e. The molecule has 2 aromatic heterocycles. The van der Waals surface area contributed by atoms with E-state index in [1.165, 1.54) is 0 Å². The number of carbonyl (C=O) groups is 4. The molecule has 2 aromatic carbocycles. The topological polar surface area (TPSA) is 101 Å². The maximum atomic E-state index is 12.8. The summed E-state index contributed by atoms with van der Waals surface area (Å²) in [6.45, 7) is 0. The first-order valence-electron chi connectivity index (χ1n) is 9.44. The van der Waals surface area contributed by atoms with Crippen LogP contribution < -0.4 is 9.80 Å². The summed E-state index contributed by atoms with van der Waals surface area (Å²) in [6, 6.07) is 17.3. The van der Waals surface area contributed by atoms with Crippen LogP contribution in [0.5, 0.6) is 0 Å². The van der Waals surface area contributed by atoms with E-state index in [1.54, 1.807) is 60.7 Å². The highest BCUT2D eigenvalue weighted by Gasteiger charge is 2.43. The molecule has 0 saturated carbocycles. The lowest BCUT2D eigenvalue weighted by atomic mass is 10.3. The average Bonchev–Trinajstić information content (AvgIpc) is 3.54. The lowest BCUT2D eigenvalue weighted by Crippen LogP contribution is -2.29. The summed E-state index contributed by atoms with van der Waals surface area (Å²) in [7, 11) is 0. The highest BCUT2D eigenvalue weighted by atomic mass is 32.1. The van der Waals surface area contributed by atoms with Crippen LogP contribution in [0.3, 0.4) is 0 Å². The van der Waals surface area contributed by atoms with Gasteiger partial charge in [-0.05, 0) is 24.3 Å². The summed E-state index contributed by atoms with van der Waals surface area (Å²) in [5.74, 6) is -1.92. The van der Waals surface area contributed by atoms with Crippen LogP contribution in [0.2, 0.25) is 0 Å². The van der Waals surface area contributed by atoms with Gasteiger partial charge in [-0.3, -0.25) is 19.2 Å². The number of anilines is 2. The van der Waals surface area contributed by atoms with Gasteiger partial charge in [0.05, 0.1) is 11.4 Å². The SMILES string of the molecule is O=C1c2nc(-c3nc4c(s3)C(=O)N(c3ccccc3)C4=O)sc2C(=O)N1c1ccccc1. The summed E-state index contributed by atoms with van der Waals surface area (Å²) in [5.41, 5.74) is 1.05. The third kappa shape index (κ3) is 2.53. The van der Waals surface area contributed by atoms with Crippen LogP contribution in [0, 0.1) is 0 Å². The molecule has 0 fully saturated rings. The summed E-state index contributed by atoms with van der Waals surface area (Å²) in [6.07, 6.45) is 0. The van der Waals surface area contributed by atoms with Crippen LogP contribution in [0.1, 0.15) is 40.3 Å². The molecule has 0 bridgehead atoms. The van der Waals surface area contributed by atoms with Gasteiger partial charge in [-0.1, -0.05) is 36.4 Å². The van der Waals surface area contributed by atoms with Crippen molar-refractivity contribution in [2.75, 3.05) is 9.80 Å². The van der Waals surface area contributed by atoms with Crippen LogP contribution in [-0.4, -0.2) is 33.6 Å². The van der Waals surface area contributed by atoms with Gasteiger partial charge in [0.15, 0.2) is 21.4 Å². The Labute approximate surface area is 188 Å². The summed E-state index contributed by atoms with van der Waals surface area (Å²) in [4.78, 5) is 62.6. The first kappa shape index (κ1) is 18.7. The van der Waals surface area contributed by atoms with Crippen molar-refractivity contribution in [2.24, 2.45) is 0 Å². The molecule has 2 aliphatic rings. The fourth-order valence-corrected chi connectivity index (χ4v) is 5.62. The molecule has 0 N–H and O–H groups in total. The Morgan fingerprint density at radius 3 is 1.25 bits per heavy atom. The maximum absolute atomic E-state index is 12.8. The fraction of sp³-hybridized carbons (Fsp3) is 0. The number of benzene rings is 2. The molecule has 154 valence electrons. The Morgan fingerprint density at radius 2 is 0.906 bits per heavy atom. The van der Waals surface area contributed by atoms with E-state index in [2.05, 4.69) is 9.97 Å². The van der Waals surface area contributed by atoms with E-state index in [4.69, 9.17) is 0 Å². The van der Waals surface area contributed by atoms with Crippen molar-refractivity contribution in [1.82, 2.24) is 9.97 Å². The molecule has 32 heavy (non-hydrogen) atoms. The monoisotopic (exact) mass is 458 g/mol. The number of imide groups is 2. The number of carbonyl (C=O) groups excluding carboxylic acids is 4. The van der Waals surface area contributed by atoms with Gasteiger partial charge in [-0.25, -0.2) is 19.8 Å². The number of amides is 4. The van der Waals surface area contributed by atoms with Gasteiger partial charge in [0.25, 0.3) is 23.6 Å². The third-order valence-electron chi connectivity index (χ3n) is 5.07.